The highest BCUT2D eigenvalue weighted by Gasteiger charge is 2.27. The zero-order chi connectivity index (χ0) is 24.6. The smallest absolute Gasteiger partial charge is 0.264 e. The molecule has 0 heterocycles. The number of hydrogen-bond donors (Lipinski definition) is 1. The third-order valence-corrected chi connectivity index (χ3v) is 6.98. The quantitative estimate of drug-likeness (QED) is 0.229. The van der Waals surface area contributed by atoms with E-state index in [0.717, 1.165) is 19.9 Å². The van der Waals surface area contributed by atoms with Gasteiger partial charge < -0.3 is 4.74 Å². The van der Waals surface area contributed by atoms with Crippen molar-refractivity contribution in [3.63, 3.8) is 0 Å². The minimum Gasteiger partial charge on any atom is -0.490 e. The molecule has 0 bridgehead atoms. The molecular weight excluding hydrogens is 518 g/mol. The molecule has 1 amide bonds. The number of amides is 1. The van der Waals surface area contributed by atoms with Gasteiger partial charge in [-0.25, -0.2) is 13.8 Å². The van der Waals surface area contributed by atoms with E-state index >= 15 is 0 Å². The first-order chi connectivity index (χ1) is 16.3. The second-order valence-electron chi connectivity index (χ2n) is 7.26. The minimum absolute atomic E-state index is 0.0936. The molecule has 0 aliphatic carbocycles. The summed E-state index contributed by atoms with van der Waals surface area (Å²) in [6, 6.07) is 20.3. The first kappa shape index (κ1) is 25.2. The Balaban J connectivity index is 1.75. The summed E-state index contributed by atoms with van der Waals surface area (Å²) in [6.45, 7) is 5.44. The Morgan fingerprint density at radius 2 is 1.71 bits per heavy atom. The largest absolute Gasteiger partial charge is 0.490 e. The highest BCUT2D eigenvalue weighted by Crippen LogP contribution is 2.25. The molecule has 0 aliphatic rings. The third kappa shape index (κ3) is 6.79. The van der Waals surface area contributed by atoms with Gasteiger partial charge in [0.25, 0.3) is 15.9 Å². The van der Waals surface area contributed by atoms with E-state index in [9.17, 15) is 13.2 Å². The third-order valence-electron chi connectivity index (χ3n) is 4.66. The summed E-state index contributed by atoms with van der Waals surface area (Å²) in [5.74, 6) is 0.105. The van der Waals surface area contributed by atoms with Gasteiger partial charge in [-0.2, -0.15) is 5.10 Å². The normalized spacial score (nSPS) is 11.2. The molecule has 0 aromatic heterocycles. The number of benzene rings is 3. The van der Waals surface area contributed by atoms with E-state index in [0.29, 0.717) is 18.0 Å². The second-order valence-corrected chi connectivity index (χ2v) is 10.0. The zero-order valence-corrected chi connectivity index (χ0v) is 20.9. The number of aryl methyl sites for hydroxylation is 1. The van der Waals surface area contributed by atoms with Gasteiger partial charge in [-0.05, 0) is 73.2 Å². The minimum atomic E-state index is -3.98. The van der Waals surface area contributed by atoms with Crippen LogP contribution in [0, 0.1) is 6.92 Å². The molecule has 1 N–H and O–H groups in total. The van der Waals surface area contributed by atoms with Gasteiger partial charge in [-0.3, -0.25) is 9.10 Å². The lowest BCUT2D eigenvalue weighted by atomic mass is 10.2. The molecule has 0 saturated carbocycles. The Kier molecular flexibility index (Phi) is 8.61. The number of hydrogen-bond acceptors (Lipinski definition) is 5. The Labute approximate surface area is 207 Å². The molecule has 7 nitrogen and oxygen atoms in total. The summed E-state index contributed by atoms with van der Waals surface area (Å²) in [5, 5.41) is 3.95. The average molecular weight is 542 g/mol. The van der Waals surface area contributed by atoms with Gasteiger partial charge in [0.05, 0.1) is 16.8 Å². The number of sulfonamides is 1. The van der Waals surface area contributed by atoms with Gasteiger partial charge in [-0.1, -0.05) is 46.3 Å². The SMILES string of the molecule is C=CCOc1ccc(/C=N\NC(=O)CN(c2ccc(Br)cc2)S(=O)(=O)c2ccc(C)cc2)cc1. The summed E-state index contributed by atoms with van der Waals surface area (Å²) < 4.78 is 34.0. The number of anilines is 1. The van der Waals surface area contributed by atoms with E-state index in [2.05, 4.69) is 33.0 Å². The molecule has 3 aromatic rings. The van der Waals surface area contributed by atoms with Gasteiger partial charge in [0, 0.05) is 4.47 Å². The first-order valence-corrected chi connectivity index (χ1v) is 12.5. The van der Waals surface area contributed by atoms with E-state index in [1.165, 1.54) is 18.3 Å². The van der Waals surface area contributed by atoms with Crippen LogP contribution in [-0.2, 0) is 14.8 Å². The number of hydrazone groups is 1. The van der Waals surface area contributed by atoms with Gasteiger partial charge in [-0.15, -0.1) is 0 Å². The van der Waals surface area contributed by atoms with Crippen molar-refractivity contribution >= 4 is 43.8 Å². The van der Waals surface area contributed by atoms with Crippen molar-refractivity contribution in [2.75, 3.05) is 17.5 Å². The van der Waals surface area contributed by atoms with Crippen molar-refractivity contribution in [3.8, 4) is 5.75 Å². The summed E-state index contributed by atoms with van der Waals surface area (Å²) in [7, 11) is -3.98. The average Bonchev–Trinajstić information content (AvgIpc) is 2.83. The van der Waals surface area contributed by atoms with Crippen LogP contribution < -0.4 is 14.5 Å². The summed E-state index contributed by atoms with van der Waals surface area (Å²) in [5.41, 5.74) is 4.43. The lowest BCUT2D eigenvalue weighted by Crippen LogP contribution is -2.39. The molecule has 3 aromatic carbocycles. The molecule has 0 fully saturated rings. The predicted octanol–water partition coefficient (Wildman–Crippen LogP) is 4.67. The number of halogens is 1. The topological polar surface area (TPSA) is 88.1 Å². The second kappa shape index (κ2) is 11.6. The lowest BCUT2D eigenvalue weighted by molar-refractivity contribution is -0.119. The van der Waals surface area contributed by atoms with Crippen molar-refractivity contribution < 1.29 is 17.9 Å². The van der Waals surface area contributed by atoms with Crippen LogP contribution in [0.2, 0.25) is 0 Å². The fraction of sp³-hybridized carbons (Fsp3) is 0.120. The van der Waals surface area contributed by atoms with Crippen LogP contribution in [0.4, 0.5) is 5.69 Å². The Hall–Kier alpha value is -3.43. The first-order valence-electron chi connectivity index (χ1n) is 10.3. The fourth-order valence-corrected chi connectivity index (χ4v) is 4.60. The number of carbonyl (C=O) groups is 1. The monoisotopic (exact) mass is 541 g/mol. The summed E-state index contributed by atoms with van der Waals surface area (Å²) in [6.07, 6.45) is 3.12. The van der Waals surface area contributed by atoms with Gasteiger partial charge in [0.1, 0.15) is 18.9 Å². The maximum absolute atomic E-state index is 13.3. The van der Waals surface area contributed by atoms with Crippen LogP contribution in [0.25, 0.3) is 0 Å². The van der Waals surface area contributed by atoms with E-state index in [1.807, 2.05) is 6.92 Å². The van der Waals surface area contributed by atoms with Crippen molar-refractivity contribution in [3.05, 3.63) is 101 Å². The van der Waals surface area contributed by atoms with Crippen LogP contribution in [-0.4, -0.2) is 33.7 Å². The molecule has 176 valence electrons. The molecule has 0 aliphatic heterocycles. The van der Waals surface area contributed by atoms with Crippen LogP contribution in [0.3, 0.4) is 0 Å². The highest BCUT2D eigenvalue weighted by atomic mass is 79.9. The van der Waals surface area contributed by atoms with Crippen LogP contribution in [0.1, 0.15) is 11.1 Å². The molecule has 34 heavy (non-hydrogen) atoms. The molecule has 9 heteroatoms. The van der Waals surface area contributed by atoms with Crippen LogP contribution in [0.15, 0.2) is 99.9 Å². The highest BCUT2D eigenvalue weighted by molar-refractivity contribution is 9.10. The lowest BCUT2D eigenvalue weighted by Gasteiger charge is -2.23. The Morgan fingerprint density at radius 1 is 1.06 bits per heavy atom. The Morgan fingerprint density at radius 3 is 2.32 bits per heavy atom. The summed E-state index contributed by atoms with van der Waals surface area (Å²) >= 11 is 3.34. The standard InChI is InChI=1S/C25H24BrN3O4S/c1-3-16-33-23-12-6-20(7-13-23)17-27-28-25(30)18-29(22-10-8-21(26)9-11-22)34(31,32)24-14-4-19(2)5-15-24/h3-15,17H,1,16,18H2,2H3,(H,28,30)/b27-17-. The number of rotatable bonds is 10. The van der Waals surface area contributed by atoms with Gasteiger partial charge in [0.2, 0.25) is 0 Å². The number of carbonyl (C=O) groups excluding carboxylic acids is 1. The van der Waals surface area contributed by atoms with Crippen molar-refractivity contribution in [2.45, 2.75) is 11.8 Å². The van der Waals surface area contributed by atoms with E-state index in [-0.39, 0.29) is 4.90 Å². The zero-order valence-electron chi connectivity index (χ0n) is 18.5. The van der Waals surface area contributed by atoms with Crippen molar-refractivity contribution in [1.82, 2.24) is 5.43 Å². The number of nitrogens with one attached hydrogen (secondary N) is 1. The Bertz CT molecular complexity index is 1260. The van der Waals surface area contributed by atoms with Gasteiger partial charge in [0.15, 0.2) is 0 Å². The molecule has 0 unspecified atom stereocenters. The van der Waals surface area contributed by atoms with E-state index < -0.39 is 22.5 Å². The molecule has 0 atom stereocenters. The fourth-order valence-electron chi connectivity index (χ4n) is 2.91. The van der Waals surface area contributed by atoms with Crippen LogP contribution >= 0.6 is 15.9 Å². The van der Waals surface area contributed by atoms with Crippen molar-refractivity contribution in [2.24, 2.45) is 5.10 Å². The predicted molar refractivity (Wildman–Crippen MR) is 138 cm³/mol. The molecular formula is C25H24BrN3O4S. The molecule has 3 rings (SSSR count). The molecule has 0 spiro atoms. The van der Waals surface area contributed by atoms with E-state index in [1.54, 1.807) is 66.7 Å². The number of ether oxygens (including phenoxy) is 1. The van der Waals surface area contributed by atoms with Crippen LogP contribution in [0.5, 0.6) is 5.75 Å². The maximum atomic E-state index is 13.3. The van der Waals surface area contributed by atoms with Crippen molar-refractivity contribution in [1.29, 1.82) is 0 Å². The number of nitrogens with zero attached hydrogens (tertiary/aromatic N) is 2. The molecule has 0 radical (unpaired) electrons. The maximum Gasteiger partial charge on any atom is 0.264 e. The molecule has 0 saturated heterocycles. The van der Waals surface area contributed by atoms with Gasteiger partial charge >= 0.3 is 0 Å². The van der Waals surface area contributed by atoms with E-state index in [4.69, 9.17) is 4.74 Å². The summed E-state index contributed by atoms with van der Waals surface area (Å²) in [4.78, 5) is 12.7.